The quantitative estimate of drug-likeness (QED) is 0.275. The lowest BCUT2D eigenvalue weighted by molar-refractivity contribution is 0.282. The van der Waals surface area contributed by atoms with Gasteiger partial charge in [0.05, 0.1) is 0 Å². The molecule has 0 aliphatic rings. The van der Waals surface area contributed by atoms with Gasteiger partial charge < -0.3 is 5.11 Å². The minimum Gasteiger partial charge on any atom is -0.396 e. The monoisotopic (exact) mass is 292 g/mol. The third kappa shape index (κ3) is 19.2. The number of rotatable bonds is 15. The van der Waals surface area contributed by atoms with E-state index >= 15 is 0 Å². The molecule has 0 bridgehead atoms. The van der Waals surface area contributed by atoms with Gasteiger partial charge in [0.15, 0.2) is 0 Å². The van der Waals surface area contributed by atoms with Crippen molar-refractivity contribution < 1.29 is 5.11 Å². The highest BCUT2D eigenvalue weighted by molar-refractivity contribution is 4.97. The van der Waals surface area contributed by atoms with Crippen molar-refractivity contribution in [3.63, 3.8) is 0 Å². The molecule has 0 saturated heterocycles. The van der Waals surface area contributed by atoms with E-state index in [1.165, 1.54) is 57.8 Å². The lowest BCUT2D eigenvalue weighted by Crippen LogP contribution is -1.83. The maximum absolute atomic E-state index is 8.67. The Morgan fingerprint density at radius 3 is 1.62 bits per heavy atom. The van der Waals surface area contributed by atoms with E-state index in [1.54, 1.807) is 0 Å². The Hall–Kier alpha value is -0.820. The second-order valence-corrected chi connectivity index (χ2v) is 5.66. The Morgan fingerprint density at radius 1 is 0.571 bits per heavy atom. The first-order valence-electron chi connectivity index (χ1n) is 8.97. The van der Waals surface area contributed by atoms with Crippen LogP contribution in [0.15, 0.2) is 36.5 Å². The lowest BCUT2D eigenvalue weighted by Gasteiger charge is -1.97. The molecule has 0 amide bonds. The van der Waals surface area contributed by atoms with E-state index in [9.17, 15) is 0 Å². The first kappa shape index (κ1) is 20.2. The summed E-state index contributed by atoms with van der Waals surface area (Å²) in [6, 6.07) is 0. The van der Waals surface area contributed by atoms with Gasteiger partial charge in [-0.25, -0.2) is 0 Å². The summed E-state index contributed by atoms with van der Waals surface area (Å²) in [6.45, 7) is 2.59. The highest BCUT2D eigenvalue weighted by Gasteiger charge is 1.88. The van der Waals surface area contributed by atoms with Gasteiger partial charge in [0.2, 0.25) is 0 Å². The number of aliphatic hydroxyl groups excluding tert-OH is 1. The van der Waals surface area contributed by atoms with Crippen LogP contribution in [-0.4, -0.2) is 11.7 Å². The molecule has 1 N–H and O–H groups in total. The first-order chi connectivity index (χ1) is 10.4. The maximum atomic E-state index is 8.67. The van der Waals surface area contributed by atoms with Gasteiger partial charge in [-0.15, -0.1) is 0 Å². The smallest absolute Gasteiger partial charge is 0.0431 e. The first-order valence-corrected chi connectivity index (χ1v) is 8.97. The van der Waals surface area contributed by atoms with Crippen LogP contribution in [0.3, 0.4) is 0 Å². The molecule has 21 heavy (non-hydrogen) atoms. The van der Waals surface area contributed by atoms with Gasteiger partial charge in [-0.2, -0.15) is 0 Å². The van der Waals surface area contributed by atoms with Crippen LogP contribution in [0.4, 0.5) is 0 Å². The summed E-state index contributed by atoms with van der Waals surface area (Å²) < 4.78 is 0. The summed E-state index contributed by atoms with van der Waals surface area (Å²) in [5.74, 6) is 0. The number of hydrogen-bond acceptors (Lipinski definition) is 1. The van der Waals surface area contributed by atoms with Crippen molar-refractivity contribution in [3.05, 3.63) is 36.5 Å². The molecule has 0 saturated carbocycles. The summed E-state index contributed by atoms with van der Waals surface area (Å²) in [6.07, 6.45) is 28.2. The van der Waals surface area contributed by atoms with Gasteiger partial charge in [-0.05, 0) is 44.9 Å². The van der Waals surface area contributed by atoms with E-state index < -0.39 is 0 Å². The average molecular weight is 293 g/mol. The molecule has 0 rings (SSSR count). The molecular weight excluding hydrogens is 256 g/mol. The summed E-state index contributed by atoms with van der Waals surface area (Å²) in [5, 5.41) is 8.67. The van der Waals surface area contributed by atoms with Crippen LogP contribution in [0.2, 0.25) is 0 Å². The number of allylic oxidation sites excluding steroid dienone is 6. The van der Waals surface area contributed by atoms with Crippen LogP contribution >= 0.6 is 0 Å². The summed E-state index contributed by atoms with van der Waals surface area (Å²) in [7, 11) is 0. The van der Waals surface area contributed by atoms with Crippen LogP contribution in [0.25, 0.3) is 0 Å². The fourth-order valence-electron chi connectivity index (χ4n) is 2.19. The Labute approximate surface area is 132 Å². The van der Waals surface area contributed by atoms with Crippen LogP contribution < -0.4 is 0 Å². The predicted octanol–water partition coefficient (Wildman–Crippen LogP) is 6.35. The molecule has 1 heteroatoms. The topological polar surface area (TPSA) is 20.2 Å². The van der Waals surface area contributed by atoms with Crippen molar-refractivity contribution in [2.45, 2.75) is 84.0 Å². The lowest BCUT2D eigenvalue weighted by atomic mass is 10.1. The Morgan fingerprint density at radius 2 is 1.05 bits per heavy atom. The SMILES string of the molecule is CCCCC/C=C\C/C=C\C/C=C\CCCCCCCO. The van der Waals surface area contributed by atoms with Crippen molar-refractivity contribution in [3.8, 4) is 0 Å². The second kappa shape index (κ2) is 19.2. The number of hydrogen-bond donors (Lipinski definition) is 1. The fraction of sp³-hybridized carbons (Fsp3) is 0.700. The number of aliphatic hydroxyl groups is 1. The van der Waals surface area contributed by atoms with E-state index in [0.717, 1.165) is 19.3 Å². The molecule has 0 heterocycles. The largest absolute Gasteiger partial charge is 0.396 e. The molecule has 0 aromatic carbocycles. The van der Waals surface area contributed by atoms with E-state index in [1.807, 2.05) is 0 Å². The van der Waals surface area contributed by atoms with Crippen LogP contribution in [-0.2, 0) is 0 Å². The molecule has 0 aromatic heterocycles. The van der Waals surface area contributed by atoms with E-state index in [4.69, 9.17) is 5.11 Å². The summed E-state index contributed by atoms with van der Waals surface area (Å²) in [5.41, 5.74) is 0. The zero-order chi connectivity index (χ0) is 15.4. The van der Waals surface area contributed by atoms with Crippen molar-refractivity contribution >= 4 is 0 Å². The van der Waals surface area contributed by atoms with Crippen molar-refractivity contribution in [1.82, 2.24) is 0 Å². The van der Waals surface area contributed by atoms with Gasteiger partial charge in [-0.3, -0.25) is 0 Å². The molecule has 0 aliphatic carbocycles. The minimum absolute atomic E-state index is 0.347. The predicted molar refractivity (Wildman–Crippen MR) is 95.6 cm³/mol. The van der Waals surface area contributed by atoms with Crippen molar-refractivity contribution in [1.29, 1.82) is 0 Å². The standard InChI is InChI=1S/C20H36O/c1-2-3-4-5-6-7-8-9-10-11-12-13-14-15-16-17-18-19-20-21/h6-7,9-10,12-13,21H,2-5,8,11,14-20H2,1H3/b7-6-,10-9-,13-12-. The van der Waals surface area contributed by atoms with Gasteiger partial charge in [0, 0.05) is 6.61 Å². The van der Waals surface area contributed by atoms with Crippen molar-refractivity contribution in [2.24, 2.45) is 0 Å². The molecule has 1 nitrogen and oxygen atoms in total. The highest BCUT2D eigenvalue weighted by atomic mass is 16.2. The van der Waals surface area contributed by atoms with Gasteiger partial charge >= 0.3 is 0 Å². The molecule has 0 aromatic rings. The Kier molecular flexibility index (Phi) is 18.4. The molecule has 0 fully saturated rings. The van der Waals surface area contributed by atoms with E-state index in [-0.39, 0.29) is 0 Å². The molecule has 0 radical (unpaired) electrons. The van der Waals surface area contributed by atoms with Gasteiger partial charge in [0.1, 0.15) is 0 Å². The average Bonchev–Trinajstić information content (AvgIpc) is 2.50. The van der Waals surface area contributed by atoms with Gasteiger partial charge in [-0.1, -0.05) is 75.5 Å². The van der Waals surface area contributed by atoms with E-state index in [2.05, 4.69) is 43.4 Å². The molecule has 0 aliphatic heterocycles. The normalized spacial score (nSPS) is 12.3. The maximum Gasteiger partial charge on any atom is 0.0431 e. The van der Waals surface area contributed by atoms with Crippen LogP contribution in [0.1, 0.15) is 84.0 Å². The Bertz CT molecular complexity index is 263. The zero-order valence-corrected chi connectivity index (χ0v) is 14.1. The van der Waals surface area contributed by atoms with Gasteiger partial charge in [0.25, 0.3) is 0 Å². The fourth-order valence-corrected chi connectivity index (χ4v) is 2.19. The summed E-state index contributed by atoms with van der Waals surface area (Å²) >= 11 is 0. The number of unbranched alkanes of at least 4 members (excludes halogenated alkanes) is 8. The highest BCUT2D eigenvalue weighted by Crippen LogP contribution is 2.06. The van der Waals surface area contributed by atoms with Crippen LogP contribution in [0, 0.1) is 0 Å². The Balaban J connectivity index is 3.24. The molecule has 0 atom stereocenters. The third-order valence-corrected chi connectivity index (χ3v) is 3.55. The molecule has 122 valence electrons. The van der Waals surface area contributed by atoms with Crippen LogP contribution in [0.5, 0.6) is 0 Å². The molecule has 0 spiro atoms. The summed E-state index contributed by atoms with van der Waals surface area (Å²) in [4.78, 5) is 0. The van der Waals surface area contributed by atoms with E-state index in [0.29, 0.717) is 6.61 Å². The molecule has 0 unspecified atom stereocenters. The zero-order valence-electron chi connectivity index (χ0n) is 14.1. The van der Waals surface area contributed by atoms with Crippen molar-refractivity contribution in [2.75, 3.05) is 6.61 Å². The second-order valence-electron chi connectivity index (χ2n) is 5.66. The minimum atomic E-state index is 0.347. The molecular formula is C20H36O. The third-order valence-electron chi connectivity index (χ3n) is 3.55.